The first-order valence-corrected chi connectivity index (χ1v) is 7.45. The van der Waals surface area contributed by atoms with E-state index in [1.165, 1.54) is 0 Å². The number of hydrogen-bond acceptors (Lipinski definition) is 3. The van der Waals surface area contributed by atoms with E-state index in [1.807, 2.05) is 24.1 Å². The molecule has 0 bridgehead atoms. The third-order valence-corrected chi connectivity index (χ3v) is 4.41. The Labute approximate surface area is 136 Å². The number of hydrogen-bond donors (Lipinski definition) is 1. The highest BCUT2D eigenvalue weighted by Gasteiger charge is 2.33. The maximum atomic E-state index is 12.5. The molecule has 1 N–H and O–H groups in total. The number of ether oxygens (including phenoxy) is 1. The average molecular weight is 331 g/mol. The minimum Gasteiger partial charge on any atom is -0.480 e. The van der Waals surface area contributed by atoms with Gasteiger partial charge in [0.1, 0.15) is 5.75 Å². The highest BCUT2D eigenvalue weighted by atomic mass is 35.5. The molecule has 1 unspecified atom stereocenters. The van der Waals surface area contributed by atoms with E-state index in [-0.39, 0.29) is 18.3 Å². The number of carbonyl (C=O) groups is 1. The quantitative estimate of drug-likeness (QED) is 0.904. The number of likely N-dealkylation sites (N-methyl/N-ethyl adjacent to an activating group) is 1. The van der Waals surface area contributed by atoms with E-state index >= 15 is 0 Å². The first kappa shape index (κ1) is 16.4. The van der Waals surface area contributed by atoms with Crippen LogP contribution in [0.2, 0.25) is 5.02 Å². The molecule has 1 fully saturated rings. The van der Waals surface area contributed by atoms with Crippen molar-refractivity contribution in [2.24, 2.45) is 0 Å². The van der Waals surface area contributed by atoms with Crippen molar-refractivity contribution >= 4 is 29.9 Å². The van der Waals surface area contributed by atoms with Gasteiger partial charge in [0, 0.05) is 24.5 Å². The average Bonchev–Trinajstić information content (AvgIpc) is 2.89. The lowest BCUT2D eigenvalue weighted by molar-refractivity contribution is -0.139. The molecule has 6 heteroatoms. The predicted octanol–water partition coefficient (Wildman–Crippen LogP) is 2.28. The van der Waals surface area contributed by atoms with Crippen molar-refractivity contribution in [1.82, 2.24) is 10.2 Å². The third-order valence-electron chi connectivity index (χ3n) is 4.18. The van der Waals surface area contributed by atoms with Crippen molar-refractivity contribution in [1.29, 1.82) is 0 Å². The second kappa shape index (κ2) is 6.86. The van der Waals surface area contributed by atoms with Crippen LogP contribution in [0.5, 0.6) is 5.75 Å². The van der Waals surface area contributed by atoms with Crippen LogP contribution >= 0.6 is 24.0 Å². The first-order chi connectivity index (χ1) is 9.65. The topological polar surface area (TPSA) is 41.6 Å². The number of carbonyl (C=O) groups excluding carboxylic acids is 1. The fourth-order valence-corrected chi connectivity index (χ4v) is 3.15. The number of rotatable bonds is 2. The van der Waals surface area contributed by atoms with Gasteiger partial charge in [-0.25, -0.2) is 0 Å². The summed E-state index contributed by atoms with van der Waals surface area (Å²) in [4.78, 5) is 14.4. The molecular weight excluding hydrogens is 311 g/mol. The number of halogens is 2. The minimum atomic E-state index is -0.400. The summed E-state index contributed by atoms with van der Waals surface area (Å²) in [5.41, 5.74) is 1.02. The molecule has 2 heterocycles. The molecule has 1 aromatic rings. The molecule has 1 aromatic carbocycles. The Kier molecular flexibility index (Phi) is 5.36. The van der Waals surface area contributed by atoms with Gasteiger partial charge in [0.15, 0.2) is 6.10 Å². The van der Waals surface area contributed by atoms with Gasteiger partial charge in [-0.2, -0.15) is 0 Å². The van der Waals surface area contributed by atoms with E-state index < -0.39 is 6.10 Å². The van der Waals surface area contributed by atoms with E-state index in [0.29, 0.717) is 17.5 Å². The van der Waals surface area contributed by atoms with Gasteiger partial charge in [0.2, 0.25) is 0 Å². The number of amides is 1. The van der Waals surface area contributed by atoms with Gasteiger partial charge in [-0.15, -0.1) is 12.4 Å². The van der Waals surface area contributed by atoms with Crippen molar-refractivity contribution in [3.05, 3.63) is 28.8 Å². The Hall–Kier alpha value is -0.970. The van der Waals surface area contributed by atoms with E-state index in [0.717, 1.165) is 37.2 Å². The summed E-state index contributed by atoms with van der Waals surface area (Å²) in [5.74, 6) is 0.857. The van der Waals surface area contributed by atoms with Crippen molar-refractivity contribution in [3.63, 3.8) is 0 Å². The number of nitrogens with zero attached hydrogens (tertiary/aromatic N) is 1. The molecule has 0 aliphatic carbocycles. The van der Waals surface area contributed by atoms with Gasteiger partial charge in [-0.3, -0.25) is 4.79 Å². The summed E-state index contributed by atoms with van der Waals surface area (Å²) in [6, 6.07) is 5.84. The fourth-order valence-electron chi connectivity index (χ4n) is 2.96. The Balaban J connectivity index is 0.00000161. The van der Waals surface area contributed by atoms with Crippen LogP contribution in [0, 0.1) is 0 Å². The molecule has 1 amide bonds. The molecule has 3 rings (SSSR count). The molecule has 2 aliphatic rings. The number of nitrogens with one attached hydrogen (secondary N) is 1. The summed E-state index contributed by atoms with van der Waals surface area (Å²) < 4.78 is 5.77. The highest BCUT2D eigenvalue weighted by Crippen LogP contribution is 2.32. The summed E-state index contributed by atoms with van der Waals surface area (Å²) in [7, 11) is 1.89. The van der Waals surface area contributed by atoms with Crippen LogP contribution in [0.15, 0.2) is 18.2 Å². The lowest BCUT2D eigenvalue weighted by atomic mass is 10.0. The Morgan fingerprint density at radius 3 is 2.81 bits per heavy atom. The van der Waals surface area contributed by atoms with Crippen LogP contribution < -0.4 is 10.1 Å². The van der Waals surface area contributed by atoms with Gasteiger partial charge in [0.25, 0.3) is 5.91 Å². The molecule has 4 nitrogen and oxygen atoms in total. The van der Waals surface area contributed by atoms with Crippen LogP contribution in [-0.4, -0.2) is 43.1 Å². The fraction of sp³-hybridized carbons (Fsp3) is 0.533. The van der Waals surface area contributed by atoms with Crippen molar-refractivity contribution in [2.45, 2.75) is 31.4 Å². The first-order valence-electron chi connectivity index (χ1n) is 7.07. The maximum Gasteiger partial charge on any atom is 0.263 e. The van der Waals surface area contributed by atoms with E-state index in [9.17, 15) is 4.79 Å². The number of fused-ring (bicyclic) bond motifs is 1. The van der Waals surface area contributed by atoms with Gasteiger partial charge >= 0.3 is 0 Å². The molecule has 0 saturated carbocycles. The van der Waals surface area contributed by atoms with Crippen LogP contribution in [-0.2, 0) is 11.2 Å². The van der Waals surface area contributed by atoms with Crippen LogP contribution in [0.1, 0.15) is 18.4 Å². The normalized spacial score (nSPS) is 21.1. The predicted molar refractivity (Wildman–Crippen MR) is 85.5 cm³/mol. The Bertz CT molecular complexity index is 518. The monoisotopic (exact) mass is 330 g/mol. The van der Waals surface area contributed by atoms with Gasteiger partial charge < -0.3 is 15.0 Å². The Morgan fingerprint density at radius 2 is 2.10 bits per heavy atom. The maximum absolute atomic E-state index is 12.5. The standard InChI is InChI=1S/C15H19ClN2O2.ClH/c1-18(12-4-6-17-7-5-12)15(19)14-9-10-8-11(16)2-3-13(10)20-14;/h2-3,8,12,14,17H,4-7,9H2,1H3;1H. The molecule has 21 heavy (non-hydrogen) atoms. The third kappa shape index (κ3) is 3.44. The molecule has 0 radical (unpaired) electrons. The summed E-state index contributed by atoms with van der Waals surface area (Å²) >= 11 is 5.98. The van der Waals surface area contributed by atoms with Crippen LogP contribution in [0.4, 0.5) is 0 Å². The van der Waals surface area contributed by atoms with Crippen molar-refractivity contribution < 1.29 is 9.53 Å². The molecule has 116 valence electrons. The van der Waals surface area contributed by atoms with E-state index in [2.05, 4.69) is 5.32 Å². The Morgan fingerprint density at radius 1 is 1.38 bits per heavy atom. The second-order valence-electron chi connectivity index (χ2n) is 5.49. The zero-order chi connectivity index (χ0) is 14.1. The largest absolute Gasteiger partial charge is 0.480 e. The van der Waals surface area contributed by atoms with E-state index in [4.69, 9.17) is 16.3 Å². The lowest BCUT2D eigenvalue weighted by Gasteiger charge is -2.32. The van der Waals surface area contributed by atoms with E-state index in [1.54, 1.807) is 6.07 Å². The molecule has 1 saturated heterocycles. The van der Waals surface area contributed by atoms with Crippen LogP contribution in [0.3, 0.4) is 0 Å². The van der Waals surface area contributed by atoms with Crippen LogP contribution in [0.25, 0.3) is 0 Å². The number of piperidine rings is 1. The van der Waals surface area contributed by atoms with Gasteiger partial charge in [-0.1, -0.05) is 11.6 Å². The molecule has 2 aliphatic heterocycles. The summed E-state index contributed by atoms with van der Waals surface area (Å²) in [6.45, 7) is 1.95. The SMILES string of the molecule is CN(C(=O)C1Cc2cc(Cl)ccc2O1)C1CCNCC1.Cl. The zero-order valence-corrected chi connectivity index (χ0v) is 13.5. The zero-order valence-electron chi connectivity index (χ0n) is 12.0. The lowest BCUT2D eigenvalue weighted by Crippen LogP contribution is -2.48. The van der Waals surface area contributed by atoms with Gasteiger partial charge in [-0.05, 0) is 49.7 Å². The van der Waals surface area contributed by atoms with Crippen molar-refractivity contribution in [3.8, 4) is 5.75 Å². The van der Waals surface area contributed by atoms with Crippen molar-refractivity contribution in [2.75, 3.05) is 20.1 Å². The minimum absolute atomic E-state index is 0. The second-order valence-corrected chi connectivity index (χ2v) is 5.93. The molecule has 0 aromatic heterocycles. The number of benzene rings is 1. The molecule has 1 atom stereocenters. The molecule has 0 spiro atoms. The summed E-state index contributed by atoms with van der Waals surface area (Å²) in [6.07, 6.45) is 2.23. The highest BCUT2D eigenvalue weighted by molar-refractivity contribution is 6.30. The molecular formula is C15H20Cl2N2O2. The smallest absolute Gasteiger partial charge is 0.263 e. The van der Waals surface area contributed by atoms with Gasteiger partial charge in [0.05, 0.1) is 0 Å². The summed E-state index contributed by atoms with van der Waals surface area (Å²) in [5, 5.41) is 4.00.